The van der Waals surface area contributed by atoms with E-state index in [1.165, 1.54) is 11.1 Å². The number of nitrogens with zero attached hydrogens (tertiary/aromatic N) is 3. The van der Waals surface area contributed by atoms with Crippen LogP contribution in [0.1, 0.15) is 50.4 Å². The average molecular weight is 704 g/mol. The van der Waals surface area contributed by atoms with Gasteiger partial charge in [0.05, 0.1) is 5.58 Å². The minimum Gasteiger partial charge on any atom is -0.486 e. The summed E-state index contributed by atoms with van der Waals surface area (Å²) in [5, 5.41) is 2.09. The summed E-state index contributed by atoms with van der Waals surface area (Å²) >= 11 is 0. The summed E-state index contributed by atoms with van der Waals surface area (Å²) in [4.78, 5) is 13.5. The molecule has 6 rings (SSSR count). The summed E-state index contributed by atoms with van der Waals surface area (Å²) in [6, 6.07) is 30.8. The van der Waals surface area contributed by atoms with Gasteiger partial charge in [-0.15, -0.1) is 54.1 Å². The number of hydrogen-bond acceptors (Lipinski definition) is 4. The number of rotatable bonds is 5. The number of aromatic nitrogens is 3. The second kappa shape index (κ2) is 13.1. The molecule has 0 saturated carbocycles. The summed E-state index contributed by atoms with van der Waals surface area (Å²) in [6.07, 6.45) is 4.85. The van der Waals surface area contributed by atoms with E-state index in [1.807, 2.05) is 61.8 Å². The van der Waals surface area contributed by atoms with E-state index in [-0.39, 0.29) is 20.1 Å². The molecule has 1 radical (unpaired) electrons. The Balaban J connectivity index is 0.000000200. The van der Waals surface area contributed by atoms with Crippen LogP contribution < -0.4 is 0 Å². The topological polar surface area (TPSA) is 51.8 Å². The van der Waals surface area contributed by atoms with Gasteiger partial charge in [0, 0.05) is 43.6 Å². The van der Waals surface area contributed by atoms with Crippen LogP contribution in [-0.2, 0) is 26.5 Å². The predicted molar refractivity (Wildman–Crippen MR) is 159 cm³/mol. The number of pyridine rings is 3. The zero-order valence-corrected chi connectivity index (χ0v) is 25.9. The fourth-order valence-corrected chi connectivity index (χ4v) is 4.57. The van der Waals surface area contributed by atoms with Gasteiger partial charge >= 0.3 is 0 Å². The molecule has 0 aliphatic carbocycles. The molecule has 205 valence electrons. The van der Waals surface area contributed by atoms with E-state index < -0.39 is 0 Å². The maximum Gasteiger partial charge on any atom is 0.216 e. The van der Waals surface area contributed by atoms with Gasteiger partial charge in [0.1, 0.15) is 0 Å². The van der Waals surface area contributed by atoms with Crippen molar-refractivity contribution >= 4 is 22.1 Å². The smallest absolute Gasteiger partial charge is 0.216 e. The third-order valence-corrected chi connectivity index (χ3v) is 6.60. The molecule has 0 spiro atoms. The van der Waals surface area contributed by atoms with Gasteiger partial charge in [-0.25, -0.2) is 4.98 Å². The second-order valence-electron chi connectivity index (χ2n) is 10.6. The van der Waals surface area contributed by atoms with Gasteiger partial charge in [0.25, 0.3) is 0 Å². The summed E-state index contributed by atoms with van der Waals surface area (Å²) in [5.41, 5.74) is 8.81. The molecule has 4 heterocycles. The summed E-state index contributed by atoms with van der Waals surface area (Å²) in [6.45, 7) is 10.8. The molecule has 0 N–H and O–H groups in total. The van der Waals surface area contributed by atoms with Crippen LogP contribution in [0.5, 0.6) is 0 Å². The van der Waals surface area contributed by atoms with E-state index in [0.717, 1.165) is 51.0 Å². The number of fused-ring (bicyclic) bond motifs is 3. The summed E-state index contributed by atoms with van der Waals surface area (Å²) < 4.78 is 6.06. The Hall–Kier alpha value is -3.66. The van der Waals surface area contributed by atoms with Crippen molar-refractivity contribution in [3.63, 3.8) is 0 Å². The molecule has 0 bridgehead atoms. The Labute approximate surface area is 250 Å². The zero-order chi connectivity index (χ0) is 27.4. The molecule has 0 aliphatic heterocycles. The van der Waals surface area contributed by atoms with Crippen molar-refractivity contribution in [1.82, 2.24) is 15.0 Å². The number of hydrogen-bond donors (Lipinski definition) is 0. The maximum absolute atomic E-state index is 6.06. The van der Waals surface area contributed by atoms with Crippen LogP contribution in [-0.4, -0.2) is 15.0 Å². The molecule has 0 aliphatic rings. The van der Waals surface area contributed by atoms with Gasteiger partial charge in [-0.2, -0.15) is 0 Å². The molecule has 5 heteroatoms. The molecule has 0 unspecified atom stereocenters. The van der Waals surface area contributed by atoms with Crippen molar-refractivity contribution in [2.45, 2.75) is 47.0 Å². The van der Waals surface area contributed by atoms with Gasteiger partial charge in [-0.3, -0.25) is 0 Å². The van der Waals surface area contributed by atoms with E-state index in [0.29, 0.717) is 17.5 Å². The van der Waals surface area contributed by atoms with E-state index >= 15 is 0 Å². The normalized spacial score (nSPS) is 11.0. The average Bonchev–Trinajstić information content (AvgIpc) is 3.31. The van der Waals surface area contributed by atoms with Gasteiger partial charge in [-0.05, 0) is 60.3 Å². The largest absolute Gasteiger partial charge is 0.486 e. The molecule has 4 nitrogen and oxygen atoms in total. The van der Waals surface area contributed by atoms with Crippen LogP contribution in [0, 0.1) is 25.0 Å². The minimum atomic E-state index is 0. The third-order valence-electron chi connectivity index (χ3n) is 6.60. The first-order valence-corrected chi connectivity index (χ1v) is 13.5. The monoisotopic (exact) mass is 704 g/mol. The SMILES string of the molecule is CC(C)c1ccc(-c2[c-]cccc2)nc1.Cc1ccc2c(n1)oc1c(-c3cc(CC(C)C)ccn3)[c-]ccc12.[Ir]. The van der Waals surface area contributed by atoms with Crippen LogP contribution in [0.15, 0.2) is 89.6 Å². The second-order valence-corrected chi connectivity index (χ2v) is 10.6. The van der Waals surface area contributed by atoms with Crippen molar-refractivity contribution in [1.29, 1.82) is 0 Å². The summed E-state index contributed by atoms with van der Waals surface area (Å²) in [7, 11) is 0. The Morgan fingerprint density at radius 1 is 0.825 bits per heavy atom. The molecule has 0 amide bonds. The summed E-state index contributed by atoms with van der Waals surface area (Å²) in [5.74, 6) is 1.14. The van der Waals surface area contributed by atoms with Crippen LogP contribution in [0.25, 0.3) is 44.6 Å². The Morgan fingerprint density at radius 2 is 1.68 bits per heavy atom. The van der Waals surface area contributed by atoms with Crippen molar-refractivity contribution in [2.75, 3.05) is 0 Å². The first kappa shape index (κ1) is 29.3. The standard InChI is InChI=1S/C21H19N2O.C14H14N.Ir/c1-13(2)11-15-9-10-22-19(12-15)18-6-4-5-16-17-8-7-14(3)23-21(17)24-20(16)18;1-11(2)13-8-9-14(15-10-13)12-6-4-3-5-7-12;/h4-5,7-10,12-13H,11H2,1-3H3;3-6,8-11H,1-2H3;/q2*-1;. The number of furan rings is 1. The fraction of sp³-hybridized carbons (Fsp3) is 0.229. The molecule has 0 atom stereocenters. The van der Waals surface area contributed by atoms with Crippen molar-refractivity contribution in [2.24, 2.45) is 5.92 Å². The van der Waals surface area contributed by atoms with Crippen LogP contribution in [0.4, 0.5) is 0 Å². The van der Waals surface area contributed by atoms with E-state index in [9.17, 15) is 0 Å². The first-order chi connectivity index (χ1) is 18.9. The first-order valence-electron chi connectivity index (χ1n) is 13.5. The number of aryl methyl sites for hydroxylation is 1. The quantitative estimate of drug-likeness (QED) is 0.168. The minimum absolute atomic E-state index is 0. The molecular weight excluding hydrogens is 671 g/mol. The maximum atomic E-state index is 6.06. The molecule has 0 saturated heterocycles. The molecule has 40 heavy (non-hydrogen) atoms. The van der Waals surface area contributed by atoms with E-state index in [2.05, 4.69) is 85.1 Å². The van der Waals surface area contributed by atoms with Crippen LogP contribution in [0.2, 0.25) is 0 Å². The van der Waals surface area contributed by atoms with Crippen molar-refractivity contribution < 1.29 is 24.5 Å². The fourth-order valence-electron chi connectivity index (χ4n) is 4.57. The molecule has 2 aromatic carbocycles. The van der Waals surface area contributed by atoms with Gasteiger partial charge in [-0.1, -0.05) is 62.4 Å². The molecule has 4 aromatic heterocycles. The Kier molecular flexibility index (Phi) is 9.62. The Bertz CT molecular complexity index is 1690. The van der Waals surface area contributed by atoms with E-state index in [4.69, 9.17) is 4.42 Å². The van der Waals surface area contributed by atoms with Crippen molar-refractivity contribution in [3.05, 3.63) is 114 Å². The van der Waals surface area contributed by atoms with Gasteiger partial charge in [0.2, 0.25) is 5.71 Å². The van der Waals surface area contributed by atoms with Crippen molar-refractivity contribution in [3.8, 4) is 22.5 Å². The Morgan fingerprint density at radius 3 is 2.38 bits per heavy atom. The number of benzene rings is 2. The molecular formula is C35H33IrN3O-2. The van der Waals surface area contributed by atoms with Crippen LogP contribution in [0.3, 0.4) is 0 Å². The molecule has 0 fully saturated rings. The predicted octanol–water partition coefficient (Wildman–Crippen LogP) is 9.02. The van der Waals surface area contributed by atoms with Crippen LogP contribution >= 0.6 is 0 Å². The third kappa shape index (κ3) is 6.72. The van der Waals surface area contributed by atoms with Gasteiger partial charge < -0.3 is 14.4 Å². The molecule has 6 aromatic rings. The zero-order valence-electron chi connectivity index (χ0n) is 23.5. The van der Waals surface area contributed by atoms with E-state index in [1.54, 1.807) is 0 Å². The van der Waals surface area contributed by atoms with Gasteiger partial charge in [0.15, 0.2) is 0 Å².